The number of anilines is 1. The van der Waals surface area contributed by atoms with Gasteiger partial charge in [0.2, 0.25) is 11.8 Å². The molecule has 3 aromatic rings. The van der Waals surface area contributed by atoms with Crippen LogP contribution >= 0.6 is 0 Å². The number of amides is 3. The van der Waals surface area contributed by atoms with E-state index in [1.165, 1.54) is 34.9 Å². The Labute approximate surface area is 237 Å². The highest BCUT2D eigenvalue weighted by Gasteiger charge is 2.23. The molecule has 3 rings (SSSR count). The van der Waals surface area contributed by atoms with Crippen LogP contribution < -0.4 is 10.9 Å². The van der Waals surface area contributed by atoms with Crippen molar-refractivity contribution >= 4 is 34.6 Å². The summed E-state index contributed by atoms with van der Waals surface area (Å²) < 4.78 is 15.9. The Morgan fingerprint density at radius 2 is 1.98 bits per heavy atom. The molecule has 0 unspecified atom stereocenters. The maximum atomic E-state index is 14.5. The van der Waals surface area contributed by atoms with Crippen LogP contribution in [0.2, 0.25) is 0 Å². The molecule has 0 aliphatic rings. The first kappa shape index (κ1) is 31.1. The van der Waals surface area contributed by atoms with Crippen LogP contribution in [0.3, 0.4) is 0 Å². The molecule has 1 atom stereocenters. The zero-order chi connectivity index (χ0) is 30.3. The van der Waals surface area contributed by atoms with E-state index in [2.05, 4.69) is 15.3 Å². The number of aromatic nitrogens is 3. The number of fused-ring (bicyclic) bond motifs is 1. The minimum Gasteiger partial charge on any atom is -0.465 e. The molecule has 220 valence electrons. The topological polar surface area (TPSA) is 141 Å². The minimum absolute atomic E-state index is 0.0413. The second kappa shape index (κ2) is 13.7. The summed E-state index contributed by atoms with van der Waals surface area (Å²) >= 11 is 0. The van der Waals surface area contributed by atoms with Crippen molar-refractivity contribution in [2.24, 2.45) is 11.8 Å². The standard InChI is InChI=1S/C29H37FN6O5/c1-18(2)13-21-22(30)15-31-24-14-20(32-26(21)24)17-36-12-8-10-23(28(36)39)33-27(38)19(16-35(5)29(40)41)9-6-7-11-25(37)34(3)4/h7-8,10-12,14-15,18-19,32H,6,9,13,16-17H2,1-5H3,(H,33,38)(H,40,41)/b11-7+/t19-/m0/s1. The SMILES string of the molecule is CC(C)Cc1c(F)cnc2cc(Cn3cccc(NC(=O)[C@@H](CC/C=C/C(=O)N(C)C)CN(C)C(=O)O)c3=O)[nH]c12. The van der Waals surface area contributed by atoms with Crippen molar-refractivity contribution in [3.63, 3.8) is 0 Å². The molecule has 3 heterocycles. The van der Waals surface area contributed by atoms with Crippen LogP contribution in [-0.4, -0.2) is 75.0 Å². The fourth-order valence-electron chi connectivity index (χ4n) is 4.37. The molecule has 0 radical (unpaired) electrons. The number of halogens is 1. The van der Waals surface area contributed by atoms with Gasteiger partial charge in [-0.15, -0.1) is 0 Å². The summed E-state index contributed by atoms with van der Waals surface area (Å²) in [4.78, 5) is 59.4. The Kier molecular flexibility index (Phi) is 10.4. The van der Waals surface area contributed by atoms with Crippen LogP contribution in [0.15, 0.2) is 47.5 Å². The monoisotopic (exact) mass is 568 g/mol. The largest absolute Gasteiger partial charge is 0.465 e. The smallest absolute Gasteiger partial charge is 0.407 e. The second-order valence-electron chi connectivity index (χ2n) is 10.7. The van der Waals surface area contributed by atoms with Crippen molar-refractivity contribution in [2.75, 3.05) is 33.0 Å². The lowest BCUT2D eigenvalue weighted by molar-refractivity contribution is -0.123. The molecule has 41 heavy (non-hydrogen) atoms. The predicted octanol–water partition coefficient (Wildman–Crippen LogP) is 3.70. The number of carbonyl (C=O) groups excluding carboxylic acids is 2. The zero-order valence-corrected chi connectivity index (χ0v) is 24.0. The molecule has 0 saturated carbocycles. The van der Waals surface area contributed by atoms with Crippen LogP contribution in [0.4, 0.5) is 14.9 Å². The predicted molar refractivity (Wildman–Crippen MR) is 154 cm³/mol. The molecule has 0 aromatic carbocycles. The summed E-state index contributed by atoms with van der Waals surface area (Å²) in [6.07, 6.45) is 5.77. The van der Waals surface area contributed by atoms with Gasteiger partial charge in [0.05, 0.1) is 29.7 Å². The first-order valence-electron chi connectivity index (χ1n) is 13.3. The number of aromatic amines is 1. The molecular weight excluding hydrogens is 531 g/mol. The number of nitrogens with one attached hydrogen (secondary N) is 2. The fraction of sp³-hybridized carbons (Fsp3) is 0.414. The van der Waals surface area contributed by atoms with Gasteiger partial charge < -0.3 is 29.8 Å². The molecule has 3 N–H and O–H groups in total. The molecule has 0 aliphatic heterocycles. The molecule has 0 spiro atoms. The number of likely N-dealkylation sites (N-methyl/N-ethyl adjacent to an activating group) is 1. The van der Waals surface area contributed by atoms with Gasteiger partial charge in [-0.3, -0.25) is 19.4 Å². The molecule has 0 bridgehead atoms. The van der Waals surface area contributed by atoms with Crippen molar-refractivity contribution < 1.29 is 23.9 Å². The highest BCUT2D eigenvalue weighted by molar-refractivity contribution is 5.92. The molecule has 0 saturated heterocycles. The van der Waals surface area contributed by atoms with Gasteiger partial charge in [0.25, 0.3) is 5.56 Å². The average Bonchev–Trinajstić information content (AvgIpc) is 3.32. The quantitative estimate of drug-likeness (QED) is 0.285. The minimum atomic E-state index is -1.19. The summed E-state index contributed by atoms with van der Waals surface area (Å²) in [6.45, 7) is 4.05. The number of pyridine rings is 2. The summed E-state index contributed by atoms with van der Waals surface area (Å²) in [6, 6.07) is 4.87. The maximum Gasteiger partial charge on any atom is 0.407 e. The molecule has 12 heteroatoms. The molecule has 3 aromatic heterocycles. The summed E-state index contributed by atoms with van der Waals surface area (Å²) in [5.74, 6) is -1.63. The van der Waals surface area contributed by atoms with Gasteiger partial charge in [-0.05, 0) is 49.5 Å². The van der Waals surface area contributed by atoms with Crippen LogP contribution in [-0.2, 0) is 22.6 Å². The van der Waals surface area contributed by atoms with E-state index in [4.69, 9.17) is 0 Å². The number of H-pyrrole nitrogens is 1. The number of carbonyl (C=O) groups is 3. The van der Waals surface area contributed by atoms with Crippen molar-refractivity contribution in [3.05, 3.63) is 70.2 Å². The fourth-order valence-corrected chi connectivity index (χ4v) is 4.37. The Balaban J connectivity index is 1.79. The van der Waals surface area contributed by atoms with Gasteiger partial charge in [-0.1, -0.05) is 19.9 Å². The van der Waals surface area contributed by atoms with Gasteiger partial charge >= 0.3 is 6.09 Å². The third-order valence-corrected chi connectivity index (χ3v) is 6.57. The van der Waals surface area contributed by atoms with Gasteiger partial charge in [-0.25, -0.2) is 9.18 Å². The van der Waals surface area contributed by atoms with Gasteiger partial charge in [-0.2, -0.15) is 0 Å². The van der Waals surface area contributed by atoms with Gasteiger partial charge in [0.15, 0.2) is 0 Å². The molecule has 11 nitrogen and oxygen atoms in total. The van der Waals surface area contributed by atoms with Gasteiger partial charge in [0, 0.05) is 45.1 Å². The van der Waals surface area contributed by atoms with E-state index in [0.29, 0.717) is 35.1 Å². The van der Waals surface area contributed by atoms with E-state index in [1.807, 2.05) is 13.8 Å². The van der Waals surface area contributed by atoms with Crippen molar-refractivity contribution in [1.82, 2.24) is 24.3 Å². The Morgan fingerprint density at radius 3 is 2.63 bits per heavy atom. The zero-order valence-electron chi connectivity index (χ0n) is 24.0. The van der Waals surface area contributed by atoms with Gasteiger partial charge in [0.1, 0.15) is 11.5 Å². The van der Waals surface area contributed by atoms with E-state index < -0.39 is 23.5 Å². The van der Waals surface area contributed by atoms with E-state index >= 15 is 0 Å². The number of rotatable bonds is 12. The van der Waals surface area contributed by atoms with Crippen molar-refractivity contribution in [1.29, 1.82) is 0 Å². The first-order valence-corrected chi connectivity index (χ1v) is 13.3. The average molecular weight is 569 g/mol. The highest BCUT2D eigenvalue weighted by atomic mass is 19.1. The van der Waals surface area contributed by atoms with E-state index in [1.54, 1.807) is 38.5 Å². The van der Waals surface area contributed by atoms with Crippen LogP contribution in [0.1, 0.15) is 37.9 Å². The summed E-state index contributed by atoms with van der Waals surface area (Å²) in [7, 11) is 4.60. The highest BCUT2D eigenvalue weighted by Crippen LogP contribution is 2.23. The number of nitrogens with zero attached hydrogens (tertiary/aromatic N) is 4. The summed E-state index contributed by atoms with van der Waals surface area (Å²) in [5.41, 5.74) is 1.97. The van der Waals surface area contributed by atoms with Crippen LogP contribution in [0, 0.1) is 17.7 Å². The van der Waals surface area contributed by atoms with E-state index in [-0.39, 0.29) is 42.8 Å². The number of hydrogen-bond acceptors (Lipinski definition) is 5. The van der Waals surface area contributed by atoms with E-state index in [0.717, 1.165) is 4.90 Å². The lowest BCUT2D eigenvalue weighted by atomic mass is 10.0. The third kappa shape index (κ3) is 8.26. The molecule has 0 fully saturated rings. The number of carboxylic acid groups (broad SMARTS) is 1. The third-order valence-electron chi connectivity index (χ3n) is 6.57. The lowest BCUT2D eigenvalue weighted by Gasteiger charge is -2.21. The Hall–Kier alpha value is -4.48. The Bertz CT molecular complexity index is 1490. The van der Waals surface area contributed by atoms with Crippen LogP contribution in [0.25, 0.3) is 11.0 Å². The normalized spacial score (nSPS) is 12.2. The van der Waals surface area contributed by atoms with E-state index in [9.17, 15) is 28.7 Å². The molecule has 0 aliphatic carbocycles. The number of hydrogen-bond donors (Lipinski definition) is 3. The van der Waals surface area contributed by atoms with Crippen molar-refractivity contribution in [3.8, 4) is 0 Å². The summed E-state index contributed by atoms with van der Waals surface area (Å²) in [5, 5.41) is 12.0. The Morgan fingerprint density at radius 1 is 1.24 bits per heavy atom. The maximum absolute atomic E-state index is 14.5. The molecule has 3 amide bonds. The second-order valence-corrected chi connectivity index (χ2v) is 10.7. The first-order chi connectivity index (χ1) is 19.4. The van der Waals surface area contributed by atoms with Crippen LogP contribution in [0.5, 0.6) is 0 Å². The number of allylic oxidation sites excluding steroid dienone is 1. The molecular formula is C29H37FN6O5. The van der Waals surface area contributed by atoms with Crippen molar-refractivity contribution in [2.45, 2.75) is 39.7 Å². The lowest BCUT2D eigenvalue weighted by Crippen LogP contribution is -2.37.